The average Bonchev–Trinajstić information content (AvgIpc) is 2.40. The fourth-order valence-corrected chi connectivity index (χ4v) is 1.45. The van der Waals surface area contributed by atoms with E-state index in [9.17, 15) is 4.79 Å². The van der Waals surface area contributed by atoms with Gasteiger partial charge in [0, 0.05) is 6.20 Å². The van der Waals surface area contributed by atoms with E-state index in [1.807, 2.05) is 6.92 Å². The molecule has 6 nitrogen and oxygen atoms in total. The van der Waals surface area contributed by atoms with Crippen LogP contribution >= 0.6 is 0 Å². The Hall–Kier alpha value is -2.50. The summed E-state index contributed by atoms with van der Waals surface area (Å²) >= 11 is 0. The van der Waals surface area contributed by atoms with Gasteiger partial charge >= 0.3 is 0 Å². The first kappa shape index (κ1) is 12.0. The highest BCUT2D eigenvalue weighted by atomic mass is 16.5. The van der Waals surface area contributed by atoms with Crippen LogP contribution in [0.4, 0.5) is 0 Å². The summed E-state index contributed by atoms with van der Waals surface area (Å²) in [4.78, 5) is 23.6. The van der Waals surface area contributed by atoms with E-state index in [0.29, 0.717) is 23.9 Å². The number of rotatable bonds is 4. The van der Waals surface area contributed by atoms with Crippen molar-refractivity contribution in [1.82, 2.24) is 15.0 Å². The van der Waals surface area contributed by atoms with Crippen LogP contribution in [0.15, 0.2) is 30.6 Å². The first-order valence-electron chi connectivity index (χ1n) is 5.43. The van der Waals surface area contributed by atoms with Crippen molar-refractivity contribution in [2.75, 3.05) is 6.61 Å². The van der Waals surface area contributed by atoms with Crippen molar-refractivity contribution in [3.8, 4) is 17.3 Å². The summed E-state index contributed by atoms with van der Waals surface area (Å²) in [5, 5.41) is 0. The Morgan fingerprint density at radius 3 is 2.83 bits per heavy atom. The van der Waals surface area contributed by atoms with E-state index in [4.69, 9.17) is 10.5 Å². The van der Waals surface area contributed by atoms with E-state index >= 15 is 0 Å². The molecule has 0 aromatic carbocycles. The first-order chi connectivity index (χ1) is 8.72. The van der Waals surface area contributed by atoms with E-state index in [2.05, 4.69) is 15.0 Å². The molecule has 0 fully saturated rings. The van der Waals surface area contributed by atoms with Crippen molar-refractivity contribution in [3.05, 3.63) is 36.3 Å². The molecule has 0 unspecified atom stereocenters. The standard InChI is InChI=1S/C12H12N4O2/c1-2-18-9-7-15-11(12(13)17)10(16-9)8-5-3-4-6-14-8/h3-7H,2H2,1H3,(H2,13,17). The summed E-state index contributed by atoms with van der Waals surface area (Å²) in [6.45, 7) is 2.30. The van der Waals surface area contributed by atoms with Crippen molar-refractivity contribution in [2.24, 2.45) is 5.73 Å². The quantitative estimate of drug-likeness (QED) is 0.867. The third kappa shape index (κ3) is 2.42. The lowest BCUT2D eigenvalue weighted by atomic mass is 10.2. The van der Waals surface area contributed by atoms with Gasteiger partial charge < -0.3 is 10.5 Å². The summed E-state index contributed by atoms with van der Waals surface area (Å²) in [6.07, 6.45) is 2.98. The van der Waals surface area contributed by atoms with Crippen LogP contribution in [-0.2, 0) is 0 Å². The van der Waals surface area contributed by atoms with Gasteiger partial charge in [0.2, 0.25) is 5.88 Å². The fourth-order valence-electron chi connectivity index (χ4n) is 1.45. The number of aromatic nitrogens is 3. The lowest BCUT2D eigenvalue weighted by Gasteiger charge is -2.07. The second-order valence-corrected chi connectivity index (χ2v) is 3.42. The van der Waals surface area contributed by atoms with Crippen LogP contribution in [0.1, 0.15) is 17.4 Å². The summed E-state index contributed by atoms with van der Waals surface area (Å²) in [6, 6.07) is 5.29. The minimum atomic E-state index is -0.647. The monoisotopic (exact) mass is 244 g/mol. The van der Waals surface area contributed by atoms with Crippen LogP contribution in [0.25, 0.3) is 11.4 Å². The highest BCUT2D eigenvalue weighted by Gasteiger charge is 2.15. The molecule has 0 saturated heterocycles. The zero-order valence-corrected chi connectivity index (χ0v) is 9.83. The number of ether oxygens (including phenoxy) is 1. The van der Waals surface area contributed by atoms with Gasteiger partial charge in [-0.05, 0) is 19.1 Å². The highest BCUT2D eigenvalue weighted by Crippen LogP contribution is 2.20. The number of primary amides is 1. The number of pyridine rings is 1. The number of nitrogens with zero attached hydrogens (tertiary/aromatic N) is 3. The largest absolute Gasteiger partial charge is 0.477 e. The Kier molecular flexibility index (Phi) is 3.47. The minimum Gasteiger partial charge on any atom is -0.477 e. The topological polar surface area (TPSA) is 91.0 Å². The predicted octanol–water partition coefficient (Wildman–Crippen LogP) is 1.04. The highest BCUT2D eigenvalue weighted by molar-refractivity contribution is 5.96. The molecule has 2 N–H and O–H groups in total. The van der Waals surface area contributed by atoms with Crippen molar-refractivity contribution >= 4 is 5.91 Å². The number of carbonyl (C=O) groups excluding carboxylic acids is 1. The van der Waals surface area contributed by atoms with Crippen LogP contribution in [0.3, 0.4) is 0 Å². The lowest BCUT2D eigenvalue weighted by molar-refractivity contribution is 0.0996. The average molecular weight is 244 g/mol. The molecule has 6 heteroatoms. The molecule has 0 saturated carbocycles. The molecule has 92 valence electrons. The molecule has 0 aliphatic rings. The Bertz CT molecular complexity index is 557. The smallest absolute Gasteiger partial charge is 0.269 e. The van der Waals surface area contributed by atoms with Crippen molar-refractivity contribution in [1.29, 1.82) is 0 Å². The minimum absolute atomic E-state index is 0.0807. The molecule has 2 heterocycles. The Morgan fingerprint density at radius 2 is 2.22 bits per heavy atom. The van der Waals surface area contributed by atoms with E-state index in [1.54, 1.807) is 24.4 Å². The molecule has 2 aromatic rings. The van der Waals surface area contributed by atoms with Gasteiger partial charge in [0.1, 0.15) is 5.69 Å². The van der Waals surface area contributed by atoms with E-state index in [-0.39, 0.29) is 5.69 Å². The third-order valence-electron chi connectivity index (χ3n) is 2.18. The van der Waals surface area contributed by atoms with Gasteiger partial charge in [-0.15, -0.1) is 0 Å². The van der Waals surface area contributed by atoms with Gasteiger partial charge in [-0.3, -0.25) is 9.78 Å². The zero-order valence-electron chi connectivity index (χ0n) is 9.83. The summed E-state index contributed by atoms with van der Waals surface area (Å²) < 4.78 is 5.25. The van der Waals surface area contributed by atoms with Crippen LogP contribution in [0, 0.1) is 0 Å². The number of amides is 1. The zero-order chi connectivity index (χ0) is 13.0. The van der Waals surface area contributed by atoms with Crippen molar-refractivity contribution in [3.63, 3.8) is 0 Å². The Morgan fingerprint density at radius 1 is 1.39 bits per heavy atom. The van der Waals surface area contributed by atoms with E-state index in [1.165, 1.54) is 6.20 Å². The van der Waals surface area contributed by atoms with Crippen molar-refractivity contribution < 1.29 is 9.53 Å². The summed E-state index contributed by atoms with van der Waals surface area (Å²) in [7, 11) is 0. The normalized spacial score (nSPS) is 10.1. The van der Waals surface area contributed by atoms with E-state index in [0.717, 1.165) is 0 Å². The molecule has 2 aromatic heterocycles. The Labute approximate surface area is 104 Å². The maximum absolute atomic E-state index is 11.3. The van der Waals surface area contributed by atoms with Gasteiger partial charge in [0.25, 0.3) is 5.91 Å². The second kappa shape index (κ2) is 5.22. The molecule has 2 rings (SSSR count). The maximum Gasteiger partial charge on any atom is 0.269 e. The van der Waals surface area contributed by atoms with Gasteiger partial charge in [-0.25, -0.2) is 9.97 Å². The molecular formula is C12H12N4O2. The van der Waals surface area contributed by atoms with Gasteiger partial charge in [0.05, 0.1) is 18.5 Å². The van der Waals surface area contributed by atoms with Crippen LogP contribution in [0.5, 0.6) is 5.88 Å². The van der Waals surface area contributed by atoms with Gasteiger partial charge in [-0.1, -0.05) is 6.07 Å². The number of carbonyl (C=O) groups is 1. The number of hydrogen-bond donors (Lipinski definition) is 1. The molecule has 0 spiro atoms. The van der Waals surface area contributed by atoms with E-state index < -0.39 is 5.91 Å². The maximum atomic E-state index is 11.3. The number of hydrogen-bond acceptors (Lipinski definition) is 5. The third-order valence-corrected chi connectivity index (χ3v) is 2.18. The molecule has 0 atom stereocenters. The molecule has 1 amide bonds. The van der Waals surface area contributed by atoms with Crippen LogP contribution in [-0.4, -0.2) is 27.5 Å². The molecular weight excluding hydrogens is 232 g/mol. The molecule has 0 bridgehead atoms. The first-order valence-corrected chi connectivity index (χ1v) is 5.43. The van der Waals surface area contributed by atoms with Crippen molar-refractivity contribution in [2.45, 2.75) is 6.92 Å². The molecule has 0 radical (unpaired) electrons. The SMILES string of the molecule is CCOc1cnc(C(N)=O)c(-c2ccccn2)n1. The molecule has 18 heavy (non-hydrogen) atoms. The molecule has 0 aliphatic heterocycles. The second-order valence-electron chi connectivity index (χ2n) is 3.42. The van der Waals surface area contributed by atoms with Crippen LogP contribution < -0.4 is 10.5 Å². The predicted molar refractivity (Wildman–Crippen MR) is 64.9 cm³/mol. The fraction of sp³-hybridized carbons (Fsp3) is 0.167. The summed E-state index contributed by atoms with van der Waals surface area (Å²) in [5.41, 5.74) is 6.20. The van der Waals surface area contributed by atoms with Gasteiger partial charge in [-0.2, -0.15) is 0 Å². The van der Waals surface area contributed by atoms with Gasteiger partial charge in [0.15, 0.2) is 5.69 Å². The number of nitrogens with two attached hydrogens (primary N) is 1. The lowest BCUT2D eigenvalue weighted by Crippen LogP contribution is -2.16. The van der Waals surface area contributed by atoms with Crippen LogP contribution in [0.2, 0.25) is 0 Å². The summed E-state index contributed by atoms with van der Waals surface area (Å²) in [5.74, 6) is -0.311. The Balaban J connectivity index is 2.54. The molecule has 0 aliphatic carbocycles.